The van der Waals surface area contributed by atoms with Gasteiger partial charge >= 0.3 is 0 Å². The van der Waals surface area contributed by atoms with Crippen molar-refractivity contribution in [2.24, 2.45) is 0 Å². The van der Waals surface area contributed by atoms with Crippen LogP contribution in [0, 0.1) is 0 Å². The van der Waals surface area contributed by atoms with Gasteiger partial charge in [0.15, 0.2) is 16.6 Å². The molecular formula is C23H23ClN4O5S. The number of hydrogen-bond donors (Lipinski definition) is 0. The van der Waals surface area contributed by atoms with E-state index < -0.39 is 11.8 Å². The van der Waals surface area contributed by atoms with Gasteiger partial charge in [-0.3, -0.25) is 24.2 Å². The van der Waals surface area contributed by atoms with Crippen molar-refractivity contribution in [3.8, 4) is 11.5 Å². The molecule has 1 aromatic heterocycles. The normalized spacial score (nSPS) is 14.0. The molecule has 0 radical (unpaired) electrons. The fourth-order valence-corrected chi connectivity index (χ4v) is 4.92. The number of aromatic nitrogens is 1. The predicted octanol–water partition coefficient (Wildman–Crippen LogP) is 3.03. The van der Waals surface area contributed by atoms with Crippen molar-refractivity contribution in [3.63, 3.8) is 0 Å². The van der Waals surface area contributed by atoms with Crippen molar-refractivity contribution in [2.45, 2.75) is 6.42 Å². The summed E-state index contributed by atoms with van der Waals surface area (Å²) in [6.45, 7) is 1.02. The van der Waals surface area contributed by atoms with Crippen LogP contribution in [-0.4, -0.2) is 73.0 Å². The van der Waals surface area contributed by atoms with Crippen molar-refractivity contribution < 1.29 is 23.9 Å². The molecule has 3 heterocycles. The Bertz CT molecular complexity index is 1200. The highest BCUT2D eigenvalue weighted by molar-refractivity contribution is 7.22. The van der Waals surface area contributed by atoms with Crippen LogP contribution in [0.3, 0.4) is 0 Å². The Kier molecular flexibility index (Phi) is 6.74. The minimum atomic E-state index is -0.452. The first-order chi connectivity index (χ1) is 15.9. The lowest BCUT2D eigenvalue weighted by Crippen LogP contribution is -2.43. The molecule has 0 spiro atoms. The number of nitrogens with zero attached hydrogens (tertiary/aromatic N) is 4. The van der Waals surface area contributed by atoms with Crippen molar-refractivity contribution in [1.82, 2.24) is 14.8 Å². The van der Waals surface area contributed by atoms with Gasteiger partial charge in [0.1, 0.15) is 6.54 Å². The molecule has 0 bridgehead atoms. The van der Waals surface area contributed by atoms with Crippen molar-refractivity contribution in [1.29, 1.82) is 0 Å². The molecule has 3 aromatic rings. The monoisotopic (exact) mass is 502 g/mol. The van der Waals surface area contributed by atoms with Crippen LogP contribution in [-0.2, 0) is 4.79 Å². The fourth-order valence-electron chi connectivity index (χ4n) is 3.90. The first kappa shape index (κ1) is 23.9. The first-order valence-corrected chi connectivity index (χ1v) is 11.3. The molecule has 2 aliphatic heterocycles. The molecule has 0 saturated heterocycles. The number of amides is 3. The molecule has 178 valence electrons. The summed E-state index contributed by atoms with van der Waals surface area (Å²) in [4.78, 5) is 48.1. The molecule has 0 N–H and O–H groups in total. The van der Waals surface area contributed by atoms with Crippen LogP contribution in [0.2, 0.25) is 0 Å². The van der Waals surface area contributed by atoms with E-state index in [2.05, 4.69) is 4.98 Å². The molecule has 9 nitrogen and oxygen atoms in total. The highest BCUT2D eigenvalue weighted by Gasteiger charge is 2.37. The van der Waals surface area contributed by atoms with E-state index in [4.69, 9.17) is 9.47 Å². The third-order valence-electron chi connectivity index (χ3n) is 5.56. The number of carbonyl (C=O) groups excluding carboxylic acids is 3. The SMILES string of the molecule is CN(C)CCCN(C(=O)CN1C(=O)c2ccccc2C1=O)c1nc2cc3c(cc2s1)OCO3.Cl. The zero-order valence-corrected chi connectivity index (χ0v) is 20.3. The van der Waals surface area contributed by atoms with E-state index in [9.17, 15) is 14.4 Å². The second-order valence-corrected chi connectivity index (χ2v) is 9.12. The van der Waals surface area contributed by atoms with E-state index >= 15 is 0 Å². The van der Waals surface area contributed by atoms with Gasteiger partial charge in [0.2, 0.25) is 12.7 Å². The van der Waals surface area contributed by atoms with Crippen LogP contribution in [0.25, 0.3) is 10.2 Å². The molecular weight excluding hydrogens is 480 g/mol. The third-order valence-corrected chi connectivity index (χ3v) is 6.60. The number of fused-ring (bicyclic) bond motifs is 3. The van der Waals surface area contributed by atoms with Gasteiger partial charge in [-0.25, -0.2) is 4.98 Å². The van der Waals surface area contributed by atoms with Crippen LogP contribution < -0.4 is 14.4 Å². The molecule has 0 atom stereocenters. The standard InChI is InChI=1S/C23H22N4O5S.ClH/c1-25(2)8-5-9-26(23-24-16-10-17-18(32-13-31-17)11-19(16)33-23)20(28)12-27-21(29)14-6-3-4-7-15(14)22(27)30;/h3-4,6-7,10-11H,5,8-9,12-13H2,1-2H3;1H. The van der Waals surface area contributed by atoms with Crippen LogP contribution in [0.15, 0.2) is 36.4 Å². The van der Waals surface area contributed by atoms with Gasteiger partial charge in [0.25, 0.3) is 11.8 Å². The van der Waals surface area contributed by atoms with E-state index in [1.165, 1.54) is 11.3 Å². The zero-order chi connectivity index (χ0) is 23.1. The average Bonchev–Trinajstić information content (AvgIpc) is 3.48. The largest absolute Gasteiger partial charge is 0.454 e. The number of hydrogen-bond acceptors (Lipinski definition) is 8. The van der Waals surface area contributed by atoms with Crippen molar-refractivity contribution in [2.75, 3.05) is 45.4 Å². The number of anilines is 1. The van der Waals surface area contributed by atoms with Gasteiger partial charge in [0.05, 0.1) is 21.3 Å². The number of halogens is 1. The summed E-state index contributed by atoms with van der Waals surface area (Å²) >= 11 is 1.36. The summed E-state index contributed by atoms with van der Waals surface area (Å²) in [6.07, 6.45) is 0.708. The van der Waals surface area contributed by atoms with Gasteiger partial charge in [-0.1, -0.05) is 23.5 Å². The molecule has 0 fully saturated rings. The van der Waals surface area contributed by atoms with Gasteiger partial charge in [-0.15, -0.1) is 12.4 Å². The maximum Gasteiger partial charge on any atom is 0.262 e. The summed E-state index contributed by atoms with van der Waals surface area (Å²) in [6, 6.07) is 10.3. The third kappa shape index (κ3) is 4.31. The van der Waals surface area contributed by atoms with E-state index in [-0.39, 0.29) is 31.7 Å². The Morgan fingerprint density at radius 2 is 1.71 bits per heavy atom. The lowest BCUT2D eigenvalue weighted by molar-refractivity contribution is -0.119. The van der Waals surface area contributed by atoms with Crippen LogP contribution in [0.5, 0.6) is 11.5 Å². The Morgan fingerprint density at radius 1 is 1.06 bits per heavy atom. The topological polar surface area (TPSA) is 92.3 Å². The Balaban J connectivity index is 0.00000274. The highest BCUT2D eigenvalue weighted by Crippen LogP contribution is 2.40. The molecule has 0 saturated carbocycles. The van der Waals surface area contributed by atoms with E-state index in [1.807, 2.05) is 25.1 Å². The Labute approximate surface area is 206 Å². The molecule has 0 aliphatic carbocycles. The second kappa shape index (κ2) is 9.57. The minimum Gasteiger partial charge on any atom is -0.454 e. The maximum atomic E-state index is 13.4. The Hall–Kier alpha value is -3.21. The molecule has 2 aromatic carbocycles. The summed E-state index contributed by atoms with van der Waals surface area (Å²) in [7, 11) is 3.92. The van der Waals surface area contributed by atoms with Crippen molar-refractivity contribution >= 4 is 56.8 Å². The first-order valence-electron chi connectivity index (χ1n) is 10.5. The van der Waals surface area contributed by atoms with Crippen molar-refractivity contribution in [3.05, 3.63) is 47.5 Å². The van der Waals surface area contributed by atoms with E-state index in [0.717, 1.165) is 16.1 Å². The lowest BCUT2D eigenvalue weighted by atomic mass is 10.1. The number of rotatable bonds is 7. The Morgan fingerprint density at radius 3 is 2.35 bits per heavy atom. The second-order valence-electron chi connectivity index (χ2n) is 8.11. The van der Waals surface area contributed by atoms with Gasteiger partial charge < -0.3 is 14.4 Å². The summed E-state index contributed by atoms with van der Waals surface area (Å²) < 4.78 is 11.7. The van der Waals surface area contributed by atoms with E-state index in [1.54, 1.807) is 35.2 Å². The molecule has 34 heavy (non-hydrogen) atoms. The average molecular weight is 503 g/mol. The van der Waals surface area contributed by atoms with Crippen LogP contribution in [0.4, 0.5) is 5.13 Å². The smallest absolute Gasteiger partial charge is 0.262 e. The number of ether oxygens (including phenoxy) is 2. The number of carbonyl (C=O) groups is 3. The van der Waals surface area contributed by atoms with Gasteiger partial charge in [-0.2, -0.15) is 0 Å². The summed E-state index contributed by atoms with van der Waals surface area (Å²) in [5, 5.41) is 0.508. The number of benzene rings is 2. The number of imide groups is 1. The van der Waals surface area contributed by atoms with Gasteiger partial charge in [0, 0.05) is 18.7 Å². The molecule has 5 rings (SSSR count). The maximum absolute atomic E-state index is 13.4. The molecule has 2 aliphatic rings. The predicted molar refractivity (Wildman–Crippen MR) is 130 cm³/mol. The molecule has 3 amide bonds. The molecule has 11 heteroatoms. The van der Waals surface area contributed by atoms with E-state index in [0.29, 0.717) is 46.2 Å². The quantitative estimate of drug-likeness (QED) is 0.458. The number of thiazole rings is 1. The highest BCUT2D eigenvalue weighted by atomic mass is 35.5. The minimum absolute atomic E-state index is 0. The summed E-state index contributed by atoms with van der Waals surface area (Å²) in [5.74, 6) is 0.00635. The van der Waals surface area contributed by atoms with Crippen LogP contribution in [0.1, 0.15) is 27.1 Å². The summed E-state index contributed by atoms with van der Waals surface area (Å²) in [5.41, 5.74) is 1.35. The lowest BCUT2D eigenvalue weighted by Gasteiger charge is -2.23. The molecule has 0 unspecified atom stereocenters. The fraction of sp³-hybridized carbons (Fsp3) is 0.304. The van der Waals surface area contributed by atoms with Gasteiger partial charge in [-0.05, 0) is 39.2 Å². The van der Waals surface area contributed by atoms with Crippen LogP contribution >= 0.6 is 23.7 Å². The zero-order valence-electron chi connectivity index (χ0n) is 18.6.